The van der Waals surface area contributed by atoms with Crippen molar-refractivity contribution in [2.24, 2.45) is 0 Å². The third-order valence-corrected chi connectivity index (χ3v) is 7.41. The van der Waals surface area contributed by atoms with Crippen molar-refractivity contribution >= 4 is 24.4 Å². The van der Waals surface area contributed by atoms with Crippen LogP contribution in [0.1, 0.15) is 24.4 Å². The van der Waals surface area contributed by atoms with Crippen LogP contribution in [0.25, 0.3) is 0 Å². The molecule has 1 N–H and O–H groups in total. The lowest BCUT2D eigenvalue weighted by atomic mass is 10.0. The Morgan fingerprint density at radius 1 is 0.933 bits per heavy atom. The van der Waals surface area contributed by atoms with Crippen molar-refractivity contribution in [1.29, 1.82) is 0 Å². The van der Waals surface area contributed by atoms with Gasteiger partial charge in [-0.05, 0) is 79.1 Å². The molecule has 0 amide bonds. The molecule has 0 saturated carbocycles. The molecule has 30 heavy (non-hydrogen) atoms. The largest absolute Gasteiger partial charge is 0.497 e. The number of methoxy groups -OCH3 is 1. The number of nitrogens with one attached hydrogen (secondary N) is 1. The molecule has 1 saturated heterocycles. The van der Waals surface area contributed by atoms with Crippen molar-refractivity contribution in [2.75, 3.05) is 13.7 Å². The molecule has 0 bridgehead atoms. The molecule has 3 aromatic carbocycles. The second kappa shape index (κ2) is 9.23. The third-order valence-electron chi connectivity index (χ3n) is 4.98. The minimum Gasteiger partial charge on any atom is -0.497 e. The highest BCUT2D eigenvalue weighted by Crippen LogP contribution is 2.47. The number of ether oxygens (including phenoxy) is 2. The summed E-state index contributed by atoms with van der Waals surface area (Å²) in [7, 11) is -1.57. The molecule has 0 aromatic heterocycles. The van der Waals surface area contributed by atoms with Gasteiger partial charge in [0.15, 0.2) is 0 Å². The van der Waals surface area contributed by atoms with Crippen LogP contribution in [0.15, 0.2) is 72.8 Å². The van der Waals surface area contributed by atoms with Crippen LogP contribution in [0.3, 0.4) is 0 Å². The van der Waals surface area contributed by atoms with Crippen LogP contribution in [0.2, 0.25) is 5.02 Å². The van der Waals surface area contributed by atoms with Gasteiger partial charge in [0, 0.05) is 11.1 Å². The number of rotatable bonds is 5. The fourth-order valence-electron chi connectivity index (χ4n) is 3.36. The first-order valence-corrected chi connectivity index (χ1v) is 11.8. The van der Waals surface area contributed by atoms with Crippen LogP contribution in [0.4, 0.5) is 0 Å². The molecule has 1 aliphatic rings. The topological polar surface area (TPSA) is 56.8 Å². The smallest absolute Gasteiger partial charge is 0.300 e. The predicted molar refractivity (Wildman–Crippen MR) is 119 cm³/mol. The molecule has 2 atom stereocenters. The van der Waals surface area contributed by atoms with E-state index in [2.05, 4.69) is 5.09 Å². The van der Waals surface area contributed by atoms with Crippen molar-refractivity contribution in [2.45, 2.75) is 18.9 Å². The Kier molecular flexibility index (Phi) is 6.45. The second-order valence-corrected chi connectivity index (χ2v) is 9.60. The quantitative estimate of drug-likeness (QED) is 0.483. The standard InChI is InChI=1S/C23H23ClNO4P/c1-27-19-8-4-17(5-9-19)23-3-2-16-28-30(26,25-23)22-14-12-21(13-15-22)29-20-10-6-18(24)7-11-20/h4-15,23H,2-3,16H2,1H3,(H,25,26). The molecule has 1 heterocycles. The number of hydrogen-bond donors (Lipinski definition) is 1. The molecule has 5 nitrogen and oxygen atoms in total. The highest BCUT2D eigenvalue weighted by Gasteiger charge is 2.32. The first-order chi connectivity index (χ1) is 14.6. The Morgan fingerprint density at radius 3 is 2.17 bits per heavy atom. The normalized spacial score (nSPS) is 21.6. The molecule has 156 valence electrons. The zero-order chi connectivity index (χ0) is 21.0. The average molecular weight is 444 g/mol. The van der Waals surface area contributed by atoms with Gasteiger partial charge in [0.25, 0.3) is 7.52 Å². The van der Waals surface area contributed by atoms with E-state index in [4.69, 9.17) is 25.6 Å². The van der Waals surface area contributed by atoms with Gasteiger partial charge < -0.3 is 14.0 Å². The van der Waals surface area contributed by atoms with E-state index in [1.54, 1.807) is 55.6 Å². The molecule has 7 heteroatoms. The second-order valence-electron chi connectivity index (χ2n) is 7.03. The van der Waals surface area contributed by atoms with Gasteiger partial charge in [-0.3, -0.25) is 4.57 Å². The molecule has 1 fully saturated rings. The number of hydrogen-bond acceptors (Lipinski definition) is 4. The maximum atomic E-state index is 13.7. The fraction of sp³-hybridized carbons (Fsp3) is 0.217. The van der Waals surface area contributed by atoms with E-state index in [1.807, 2.05) is 24.3 Å². The predicted octanol–water partition coefficient (Wildman–Crippen LogP) is 6.10. The monoisotopic (exact) mass is 443 g/mol. The van der Waals surface area contributed by atoms with Gasteiger partial charge in [-0.1, -0.05) is 23.7 Å². The van der Waals surface area contributed by atoms with Gasteiger partial charge in [-0.2, -0.15) is 0 Å². The van der Waals surface area contributed by atoms with Crippen LogP contribution in [0, 0.1) is 0 Å². The summed E-state index contributed by atoms with van der Waals surface area (Å²) < 4.78 is 30.5. The van der Waals surface area contributed by atoms with Gasteiger partial charge >= 0.3 is 0 Å². The Labute approximate surface area is 181 Å². The molecular weight excluding hydrogens is 421 g/mol. The van der Waals surface area contributed by atoms with Crippen LogP contribution in [-0.4, -0.2) is 13.7 Å². The van der Waals surface area contributed by atoms with Gasteiger partial charge in [0.05, 0.1) is 19.0 Å². The van der Waals surface area contributed by atoms with E-state index in [-0.39, 0.29) is 6.04 Å². The summed E-state index contributed by atoms with van der Waals surface area (Å²) in [6.45, 7) is 0.444. The van der Waals surface area contributed by atoms with Gasteiger partial charge in [-0.15, -0.1) is 0 Å². The Morgan fingerprint density at radius 2 is 1.53 bits per heavy atom. The van der Waals surface area contributed by atoms with E-state index in [0.29, 0.717) is 28.4 Å². The molecule has 0 spiro atoms. The van der Waals surface area contributed by atoms with E-state index < -0.39 is 7.52 Å². The maximum Gasteiger partial charge on any atom is 0.300 e. The first-order valence-electron chi connectivity index (χ1n) is 9.76. The van der Waals surface area contributed by atoms with E-state index >= 15 is 0 Å². The molecule has 0 radical (unpaired) electrons. The molecule has 0 aliphatic carbocycles. The summed E-state index contributed by atoms with van der Waals surface area (Å²) in [5, 5.41) is 4.54. The van der Waals surface area contributed by atoms with Crippen molar-refractivity contribution in [3.8, 4) is 17.2 Å². The van der Waals surface area contributed by atoms with Crippen molar-refractivity contribution in [3.05, 3.63) is 83.4 Å². The first kappa shape index (κ1) is 21.0. The molecule has 4 rings (SSSR count). The minimum atomic E-state index is -3.21. The summed E-state index contributed by atoms with van der Waals surface area (Å²) in [4.78, 5) is 0. The van der Waals surface area contributed by atoms with E-state index in [1.165, 1.54) is 0 Å². The number of halogens is 1. The molecule has 2 unspecified atom stereocenters. The lowest BCUT2D eigenvalue weighted by Crippen LogP contribution is -2.23. The van der Waals surface area contributed by atoms with Gasteiger partial charge in [0.1, 0.15) is 17.2 Å². The number of benzene rings is 3. The highest BCUT2D eigenvalue weighted by atomic mass is 35.5. The van der Waals surface area contributed by atoms with Crippen LogP contribution in [0.5, 0.6) is 17.2 Å². The summed E-state index contributed by atoms with van der Waals surface area (Å²) in [5.41, 5.74) is 1.06. The van der Waals surface area contributed by atoms with Gasteiger partial charge in [0.2, 0.25) is 0 Å². The zero-order valence-electron chi connectivity index (χ0n) is 16.6. The summed E-state index contributed by atoms with van der Waals surface area (Å²) in [6.07, 6.45) is 1.67. The van der Waals surface area contributed by atoms with Crippen molar-refractivity contribution < 1.29 is 18.6 Å². The summed E-state index contributed by atoms with van der Waals surface area (Å²) in [5.74, 6) is 2.12. The molecular formula is C23H23ClNO4P. The lowest BCUT2D eigenvalue weighted by Gasteiger charge is -2.23. The van der Waals surface area contributed by atoms with E-state index in [9.17, 15) is 4.57 Å². The SMILES string of the molecule is COc1ccc(C2CCCOP(=O)(c3ccc(Oc4ccc(Cl)cc4)cc3)N2)cc1. The van der Waals surface area contributed by atoms with Crippen LogP contribution >= 0.6 is 19.1 Å². The zero-order valence-corrected chi connectivity index (χ0v) is 18.2. The van der Waals surface area contributed by atoms with Crippen LogP contribution < -0.4 is 19.9 Å². The Balaban J connectivity index is 1.51. The maximum absolute atomic E-state index is 13.7. The molecule has 1 aliphatic heterocycles. The molecule has 3 aromatic rings. The van der Waals surface area contributed by atoms with Gasteiger partial charge in [-0.25, -0.2) is 5.09 Å². The van der Waals surface area contributed by atoms with Crippen molar-refractivity contribution in [3.63, 3.8) is 0 Å². The fourth-order valence-corrected chi connectivity index (χ4v) is 5.48. The van der Waals surface area contributed by atoms with E-state index in [0.717, 1.165) is 24.2 Å². The Hall–Kier alpha value is -2.30. The van der Waals surface area contributed by atoms with Crippen molar-refractivity contribution in [1.82, 2.24) is 5.09 Å². The average Bonchev–Trinajstić information content (AvgIpc) is 2.98. The van der Waals surface area contributed by atoms with Crippen LogP contribution in [-0.2, 0) is 9.09 Å². The summed E-state index contributed by atoms with van der Waals surface area (Å²) in [6, 6.07) is 22.1. The lowest BCUT2D eigenvalue weighted by molar-refractivity contribution is 0.319. The third kappa shape index (κ3) is 4.88. The minimum absolute atomic E-state index is 0.0609. The summed E-state index contributed by atoms with van der Waals surface area (Å²) >= 11 is 5.91. The Bertz CT molecular complexity index is 1020. The highest BCUT2D eigenvalue weighted by molar-refractivity contribution is 7.65.